The summed E-state index contributed by atoms with van der Waals surface area (Å²) in [6.07, 6.45) is -1.54. The highest BCUT2D eigenvalue weighted by Crippen LogP contribution is 2.32. The number of ether oxygens (including phenoxy) is 3. The molecule has 0 heterocycles. The van der Waals surface area contributed by atoms with Crippen LogP contribution in [-0.2, 0) is 38.3 Å². The smallest absolute Gasteiger partial charge is 0.407 e. The van der Waals surface area contributed by atoms with Gasteiger partial charge in [0.15, 0.2) is 6.61 Å². The molecule has 5 atom stereocenters. The van der Waals surface area contributed by atoms with Gasteiger partial charge in [-0.2, -0.15) is 0 Å². The van der Waals surface area contributed by atoms with Gasteiger partial charge in [0.2, 0.25) is 5.91 Å². The molecule has 0 radical (unpaired) electrons. The summed E-state index contributed by atoms with van der Waals surface area (Å²) in [4.78, 5) is 38.5. The molecule has 1 aliphatic rings. The number of aliphatic hydroxyl groups excluding tert-OH is 2. The molecule has 1 aliphatic carbocycles. The summed E-state index contributed by atoms with van der Waals surface area (Å²) >= 11 is 0. The number of hydrogen-bond donors (Lipinski definition) is 4. The van der Waals surface area contributed by atoms with Crippen molar-refractivity contribution in [1.29, 1.82) is 0 Å². The van der Waals surface area contributed by atoms with Crippen molar-refractivity contribution in [2.75, 3.05) is 13.2 Å². The summed E-state index contributed by atoms with van der Waals surface area (Å²) in [6.45, 7) is 7.05. The summed E-state index contributed by atoms with van der Waals surface area (Å²) < 4.78 is 15.9. The van der Waals surface area contributed by atoms with Gasteiger partial charge in [0.1, 0.15) is 11.4 Å². The van der Waals surface area contributed by atoms with Crippen molar-refractivity contribution in [1.82, 2.24) is 10.6 Å². The minimum atomic E-state index is -1.12. The van der Waals surface area contributed by atoms with Gasteiger partial charge in [0, 0.05) is 12.3 Å². The molecule has 252 valence electrons. The Kier molecular flexibility index (Phi) is 12.4. The Bertz CT molecular complexity index is 1470. The third-order valence-corrected chi connectivity index (χ3v) is 7.93. The molecule has 0 aliphatic heterocycles. The molecule has 0 aromatic heterocycles. The Morgan fingerprint density at radius 2 is 1.57 bits per heavy atom. The van der Waals surface area contributed by atoms with Crippen molar-refractivity contribution in [2.45, 2.75) is 83.3 Å². The molecule has 4 rings (SSSR count). The molecule has 0 unspecified atom stereocenters. The Balaban J connectivity index is 1.55. The number of carbonyl (C=O) groups is 3. The van der Waals surface area contributed by atoms with E-state index in [0.717, 1.165) is 22.3 Å². The molecule has 2 amide bonds. The normalized spacial score (nSPS) is 17.5. The quantitative estimate of drug-likeness (QED) is 0.188. The van der Waals surface area contributed by atoms with E-state index in [1.807, 2.05) is 54.6 Å². The van der Waals surface area contributed by atoms with Gasteiger partial charge in [-0.3, -0.25) is 4.79 Å². The first kappa shape index (κ1) is 35.4. The average Bonchev–Trinajstić information content (AvgIpc) is 3.34. The minimum absolute atomic E-state index is 0.0186. The second-order valence-electron chi connectivity index (χ2n) is 12.8. The molecule has 0 spiro atoms. The zero-order valence-corrected chi connectivity index (χ0v) is 27.5. The Hall–Kier alpha value is -4.41. The zero-order valence-electron chi connectivity index (χ0n) is 27.5. The molecule has 47 heavy (non-hydrogen) atoms. The van der Waals surface area contributed by atoms with Crippen LogP contribution in [0.25, 0.3) is 0 Å². The second kappa shape index (κ2) is 16.4. The third-order valence-electron chi connectivity index (χ3n) is 7.93. The van der Waals surface area contributed by atoms with E-state index in [1.165, 1.54) is 0 Å². The van der Waals surface area contributed by atoms with E-state index in [1.54, 1.807) is 52.0 Å². The summed E-state index contributed by atoms with van der Waals surface area (Å²) in [7, 11) is 0. The number of hydrogen-bond acceptors (Lipinski definition) is 8. The van der Waals surface area contributed by atoms with E-state index < -0.39 is 47.9 Å². The lowest BCUT2D eigenvalue weighted by Gasteiger charge is -2.29. The van der Waals surface area contributed by atoms with Crippen molar-refractivity contribution in [3.8, 4) is 5.75 Å². The summed E-state index contributed by atoms with van der Waals surface area (Å²) in [5, 5.41) is 28.3. The maximum atomic E-state index is 14.0. The van der Waals surface area contributed by atoms with Gasteiger partial charge in [-0.25, -0.2) is 9.59 Å². The highest BCUT2D eigenvalue weighted by atomic mass is 16.6. The van der Waals surface area contributed by atoms with Crippen molar-refractivity contribution in [3.63, 3.8) is 0 Å². The van der Waals surface area contributed by atoms with Gasteiger partial charge >= 0.3 is 12.1 Å². The minimum Gasteiger partial charge on any atom is -0.482 e. The van der Waals surface area contributed by atoms with Crippen LogP contribution in [0.2, 0.25) is 0 Å². The predicted molar refractivity (Wildman–Crippen MR) is 177 cm³/mol. The van der Waals surface area contributed by atoms with Crippen LogP contribution in [0.15, 0.2) is 78.9 Å². The van der Waals surface area contributed by atoms with E-state index in [2.05, 4.69) is 10.6 Å². The highest BCUT2D eigenvalue weighted by molar-refractivity contribution is 5.80. The van der Waals surface area contributed by atoms with Crippen molar-refractivity contribution < 1.29 is 38.8 Å². The Labute approximate surface area is 276 Å². The lowest BCUT2D eigenvalue weighted by atomic mass is 9.88. The number of fused-ring (bicyclic) bond motifs is 1. The van der Waals surface area contributed by atoms with Crippen LogP contribution >= 0.6 is 0 Å². The number of aliphatic hydroxyl groups is 2. The number of benzene rings is 3. The Morgan fingerprint density at radius 3 is 2.26 bits per heavy atom. The third kappa shape index (κ3) is 10.8. The largest absolute Gasteiger partial charge is 0.482 e. The number of carbonyl (C=O) groups excluding carboxylic acids is 3. The van der Waals surface area contributed by atoms with E-state index in [0.29, 0.717) is 18.6 Å². The molecule has 10 heteroatoms. The summed E-state index contributed by atoms with van der Waals surface area (Å²) in [5.41, 5.74) is 2.80. The lowest BCUT2D eigenvalue weighted by Crippen LogP contribution is -2.48. The van der Waals surface area contributed by atoms with E-state index >= 15 is 0 Å². The second-order valence-corrected chi connectivity index (χ2v) is 12.8. The molecular formula is C37H46N2O8. The van der Waals surface area contributed by atoms with Crippen LogP contribution < -0.4 is 15.4 Å². The molecular weight excluding hydrogens is 600 g/mol. The number of amides is 2. The van der Waals surface area contributed by atoms with E-state index in [4.69, 9.17) is 14.2 Å². The van der Waals surface area contributed by atoms with Gasteiger partial charge < -0.3 is 35.1 Å². The first-order valence-corrected chi connectivity index (χ1v) is 16.1. The topological polar surface area (TPSA) is 143 Å². The number of nitrogens with one attached hydrogen (secondary N) is 2. The Morgan fingerprint density at radius 1 is 0.915 bits per heavy atom. The molecule has 4 N–H and O–H groups in total. The zero-order chi connectivity index (χ0) is 34.0. The van der Waals surface area contributed by atoms with Gasteiger partial charge in [0.05, 0.1) is 30.9 Å². The molecule has 3 aromatic rings. The molecule has 3 aromatic carbocycles. The predicted octanol–water partition coefficient (Wildman–Crippen LogP) is 4.45. The lowest BCUT2D eigenvalue weighted by molar-refractivity contribution is -0.145. The molecule has 0 bridgehead atoms. The molecule has 10 nitrogen and oxygen atoms in total. The summed E-state index contributed by atoms with van der Waals surface area (Å²) in [6, 6.07) is 22.8. The summed E-state index contributed by atoms with van der Waals surface area (Å²) in [5.74, 6) is -1.06. The van der Waals surface area contributed by atoms with E-state index in [9.17, 15) is 24.6 Å². The van der Waals surface area contributed by atoms with Gasteiger partial charge in [-0.15, -0.1) is 0 Å². The fourth-order valence-electron chi connectivity index (χ4n) is 5.72. The fraction of sp³-hybridized carbons (Fsp3) is 0.432. The highest BCUT2D eigenvalue weighted by Gasteiger charge is 2.35. The van der Waals surface area contributed by atoms with Gasteiger partial charge in [-0.05, 0) is 81.3 Å². The maximum absolute atomic E-state index is 14.0. The average molecular weight is 647 g/mol. The SMILES string of the molecule is CCOC(=O)COc1ccc(C[C@H](C[C@H](O)[C@H](Cc2ccccc2)NC(=O)OC(C)(C)C)C(=O)N[C@H]2c3ccccc3C[C@H]2O)cc1. The van der Waals surface area contributed by atoms with Crippen molar-refractivity contribution in [2.24, 2.45) is 5.92 Å². The number of esters is 1. The van der Waals surface area contributed by atoms with Crippen LogP contribution in [-0.4, -0.2) is 65.2 Å². The maximum Gasteiger partial charge on any atom is 0.407 e. The van der Waals surface area contributed by atoms with Crippen LogP contribution in [0.1, 0.15) is 62.4 Å². The van der Waals surface area contributed by atoms with E-state index in [-0.39, 0.29) is 32.0 Å². The van der Waals surface area contributed by atoms with Crippen LogP contribution in [0, 0.1) is 5.92 Å². The number of rotatable bonds is 14. The first-order chi connectivity index (χ1) is 22.4. The van der Waals surface area contributed by atoms with Crippen molar-refractivity contribution in [3.05, 3.63) is 101 Å². The monoisotopic (exact) mass is 646 g/mol. The van der Waals surface area contributed by atoms with Crippen LogP contribution in [0.4, 0.5) is 4.79 Å². The standard InChI is InChI=1S/C37H46N2O8/c1-5-45-33(42)23-46-28-17-15-25(16-18-28)19-27(35(43)39-34-29-14-10-9-13-26(29)21-32(34)41)22-31(40)30(20-24-11-7-6-8-12-24)38-36(44)47-37(2,3)4/h6-18,27,30-32,34,40-41H,5,19-23H2,1-4H3,(H,38,44)(H,39,43)/t27-,30+,31+,32-,34+/m1/s1. The van der Waals surface area contributed by atoms with Crippen LogP contribution in [0.3, 0.4) is 0 Å². The molecule has 0 fully saturated rings. The fourth-order valence-corrected chi connectivity index (χ4v) is 5.72. The van der Waals surface area contributed by atoms with Crippen LogP contribution in [0.5, 0.6) is 5.75 Å². The first-order valence-electron chi connectivity index (χ1n) is 16.1. The van der Waals surface area contributed by atoms with Gasteiger partial charge in [0.25, 0.3) is 0 Å². The molecule has 0 saturated carbocycles. The molecule has 0 saturated heterocycles. The van der Waals surface area contributed by atoms with Gasteiger partial charge in [-0.1, -0.05) is 66.7 Å². The number of alkyl carbamates (subject to hydrolysis) is 1. The van der Waals surface area contributed by atoms with Crippen molar-refractivity contribution >= 4 is 18.0 Å².